The van der Waals surface area contributed by atoms with Crippen LogP contribution in [0, 0.1) is 34.9 Å². The average molecular weight is 1910 g/mol. The molecule has 5 aromatic heterocycles. The van der Waals surface area contributed by atoms with Crippen LogP contribution in [0.3, 0.4) is 0 Å². The molecule has 18 rings (SSSR count). The molecule has 6 atom stereocenters. The maximum absolute atomic E-state index is 14.2. The summed E-state index contributed by atoms with van der Waals surface area (Å²) < 4.78 is 116. The molecule has 0 saturated carbocycles. The highest BCUT2D eigenvalue weighted by Gasteiger charge is 2.47. The van der Waals surface area contributed by atoms with Gasteiger partial charge >= 0.3 is 28.4 Å². The monoisotopic (exact) mass is 1910 g/mol. The second-order valence-electron chi connectivity index (χ2n) is 38.2. The maximum atomic E-state index is 14.2. The molecule has 29 nitrogen and oxygen atoms in total. The first kappa shape index (κ1) is 101. The summed E-state index contributed by atoms with van der Waals surface area (Å²) in [4.78, 5) is 151. The molecule has 0 saturated heterocycles. The molecule has 0 fully saturated rings. The fourth-order valence-electron chi connectivity index (χ4n) is 18.8. The number of amides is 1. The van der Waals surface area contributed by atoms with E-state index in [1.807, 2.05) is 71.0 Å². The average Bonchev–Trinajstić information content (AvgIpc) is 0.725. The molecule has 0 bridgehead atoms. The Balaban J connectivity index is 0.000000140. The lowest BCUT2D eigenvalue weighted by atomic mass is 9.82. The zero-order valence-corrected chi connectivity index (χ0v) is 79.7. The van der Waals surface area contributed by atoms with Crippen molar-refractivity contribution in [1.82, 2.24) is 63.3 Å². The number of benzene rings is 6. The van der Waals surface area contributed by atoms with Gasteiger partial charge in [-0.1, -0.05) is 104 Å². The van der Waals surface area contributed by atoms with E-state index >= 15 is 0 Å². The van der Waals surface area contributed by atoms with Crippen LogP contribution in [-0.4, -0.2) is 72.0 Å². The minimum absolute atomic E-state index is 0.0705. The molecule has 37 heteroatoms. The first-order valence-corrected chi connectivity index (χ1v) is 45.8. The number of halogens is 8. The summed E-state index contributed by atoms with van der Waals surface area (Å²) in [5.41, 5.74) is -1.45. The van der Waals surface area contributed by atoms with Crippen LogP contribution in [0.1, 0.15) is 240 Å². The van der Waals surface area contributed by atoms with Gasteiger partial charge in [0.1, 0.15) is 69.5 Å². The van der Waals surface area contributed by atoms with Crippen LogP contribution in [-0.2, 0) is 70.1 Å². The van der Waals surface area contributed by atoms with Gasteiger partial charge in [0.2, 0.25) is 0 Å². The first-order chi connectivity index (χ1) is 65.0. The number of hydrogen-bond acceptors (Lipinski definition) is 18. The van der Waals surface area contributed by atoms with Crippen molar-refractivity contribution in [3.63, 3.8) is 0 Å². The first-order valence-electron chi connectivity index (χ1n) is 45.8. The van der Waals surface area contributed by atoms with E-state index < -0.39 is 86.1 Å². The largest absolute Gasteiger partial charge is 0.362 e. The predicted octanol–water partition coefficient (Wildman–Crippen LogP) is 15.1. The highest BCUT2D eigenvalue weighted by atomic mass is 19.3. The van der Waals surface area contributed by atoms with Gasteiger partial charge in [-0.15, -0.1) is 0 Å². The number of carbonyl (C=O) groups excluding carboxylic acids is 1. The number of hydrogen-bond donors (Lipinski definition) is 12. The van der Waals surface area contributed by atoms with Gasteiger partial charge in [-0.25, -0.2) is 59.1 Å². The quantitative estimate of drug-likeness (QED) is 0.0506. The Morgan fingerprint density at radius 2 is 0.609 bits per heavy atom. The van der Waals surface area contributed by atoms with E-state index in [1.54, 1.807) is 92.8 Å². The Bertz CT molecular complexity index is 7070. The number of alkyl halides is 2. The number of nitrogens with zero attached hydrogens (tertiary/aromatic N) is 6. The van der Waals surface area contributed by atoms with Gasteiger partial charge in [-0.2, -0.15) is 0 Å². The van der Waals surface area contributed by atoms with Crippen molar-refractivity contribution in [3.8, 4) is 0 Å². The van der Waals surface area contributed by atoms with Gasteiger partial charge in [0.15, 0.2) is 11.6 Å². The van der Waals surface area contributed by atoms with Crippen molar-refractivity contribution in [2.75, 3.05) is 33.6 Å². The molecule has 732 valence electrons. The van der Waals surface area contributed by atoms with E-state index in [-0.39, 0.29) is 116 Å². The van der Waals surface area contributed by atoms with E-state index in [4.69, 9.17) is 0 Å². The molecule has 6 aromatic carbocycles. The van der Waals surface area contributed by atoms with Gasteiger partial charge < -0.3 is 37.2 Å². The second kappa shape index (κ2) is 39.8. The minimum Gasteiger partial charge on any atom is -0.362 e. The third-order valence-corrected chi connectivity index (χ3v) is 26.9. The van der Waals surface area contributed by atoms with Crippen molar-refractivity contribution >= 4 is 35.0 Å². The number of aromatic amines is 5. The molecular weight excluding hydrogens is 1790 g/mol. The number of nitrogens with one attached hydrogen (secondary N) is 12. The third kappa shape index (κ3) is 20.1. The number of carbonyl (C=O) groups is 1. The van der Waals surface area contributed by atoms with Crippen LogP contribution in [0.15, 0.2) is 217 Å². The van der Waals surface area contributed by atoms with E-state index in [0.29, 0.717) is 125 Å². The molecule has 12 heterocycles. The lowest BCUT2D eigenvalue weighted by molar-refractivity contribution is -0.125. The Labute approximate surface area is 788 Å². The summed E-state index contributed by atoms with van der Waals surface area (Å²) >= 11 is 0. The number of aromatic nitrogens is 10. The van der Waals surface area contributed by atoms with Crippen LogP contribution in [0.5, 0.6) is 0 Å². The van der Waals surface area contributed by atoms with Crippen molar-refractivity contribution in [2.24, 2.45) is 0 Å². The highest BCUT2D eigenvalue weighted by molar-refractivity contribution is 5.96. The second-order valence-corrected chi connectivity index (χ2v) is 38.2. The molecule has 1 amide bonds. The van der Waals surface area contributed by atoms with Gasteiger partial charge in [-0.3, -0.25) is 81.4 Å². The number of fused-ring (bicyclic) bond motifs is 5. The van der Waals surface area contributed by atoms with Gasteiger partial charge in [-0.05, 0) is 252 Å². The summed E-state index contributed by atoms with van der Waals surface area (Å²) in [5, 5.41) is 21.8. The summed E-state index contributed by atoms with van der Waals surface area (Å²) in [6, 6.07) is 37.9. The number of rotatable bonds is 12. The molecule has 12 N–H and O–H groups in total. The standard InChI is InChI=1S/3C17H19F2N3O2.2C17H21N3O2.C16H17F2N3O/c1-9(2)22-15(23)11-6-7-17(3,21-14(11)20-16(22)24)12-8-10(18)4-5-13(12)19;1-9(2)22-15(23)11-6-7-17(3,21-14(11)20-16(22)24)10-4-5-12(18)13(19)8-10;1-10(2)22-14(23)12-8-9-17(15(18)19,11-6-4-3-5-7-11)21-13(12)20-16(22)24;2*1-11(2)20-15(21)13-9-10-17(3,12-7-5-4-6-8-12)19-14(13)18-16(20)22;1-9-19-14-11(15(22)21(9)3)6-7-16(2,20-14)12-8-10(17)4-5-13(12)18/h2*4-5,8-9,21H,6-7H2,1-3H3,(H,20,24);3-7,10,15,21H,8-9H2,1-2H3,(H,20,24);2*4-8,11,19H,9-10H2,1-3H3,(H,18,22);4-5,8,19-20H,1,6-7H2,2-3H3/t5*17-;16-/m111101/s1. The predicted molar refractivity (Wildman–Crippen MR) is 516 cm³/mol. The van der Waals surface area contributed by atoms with Crippen molar-refractivity contribution in [2.45, 2.75) is 251 Å². The van der Waals surface area contributed by atoms with E-state index in [2.05, 4.69) is 107 Å². The van der Waals surface area contributed by atoms with Gasteiger partial charge in [0, 0.05) is 48.4 Å². The summed E-state index contributed by atoms with van der Waals surface area (Å²) in [6.07, 6.45) is 3.13. The molecule has 11 aromatic rings. The molecule has 0 spiro atoms. The molecule has 0 radical (unpaired) electrons. The number of H-pyrrole nitrogens is 5. The maximum Gasteiger partial charge on any atom is 0.330 e. The fourth-order valence-corrected chi connectivity index (χ4v) is 18.8. The SMILES string of the molecule is C=C1NC2=C(CC[C@](C)(c3cc(F)ccc3F)N2)C(=O)N1C.CC(C)n1c(=O)[nH]c2c(c1=O)CC[C@@](C)(c1ccccc1)N2.CC(C)n1c(=O)[nH]c2c(c1=O)CC[C@@](c1ccccc1)(C(F)F)N2.CC(C)n1c(=O)[nH]c2c(c1=O)CC[C@](C)(c1cc(F)ccc1F)N2.CC(C)n1c(=O)[nH]c2c(c1=O)CC[C@](C)(c1ccc(F)c(F)c1)N2.CC(C)n1c(=O)[nH]c2c(c1=O)CC[C@](C)(c1ccccc1)N2. The lowest BCUT2D eigenvalue weighted by Gasteiger charge is -2.42. The van der Waals surface area contributed by atoms with Crippen molar-refractivity contribution in [3.05, 3.63) is 370 Å². The summed E-state index contributed by atoms with van der Waals surface area (Å²) in [7, 11) is 1.64. The zero-order valence-electron chi connectivity index (χ0n) is 79.7. The zero-order chi connectivity index (χ0) is 101. The van der Waals surface area contributed by atoms with Gasteiger partial charge in [0.25, 0.3) is 40.1 Å². The van der Waals surface area contributed by atoms with E-state index in [9.17, 15) is 87.9 Å². The van der Waals surface area contributed by atoms with Gasteiger partial charge in [0.05, 0.1) is 61.1 Å². The highest BCUT2D eigenvalue weighted by Crippen LogP contribution is 2.44. The molecule has 0 unspecified atom stereocenters. The Hall–Kier alpha value is -14.3. The van der Waals surface area contributed by atoms with Crippen LogP contribution in [0.2, 0.25) is 0 Å². The minimum atomic E-state index is -2.69. The van der Waals surface area contributed by atoms with Crippen molar-refractivity contribution < 1.29 is 39.9 Å². The van der Waals surface area contributed by atoms with Crippen LogP contribution in [0.4, 0.5) is 64.2 Å². The molecule has 138 heavy (non-hydrogen) atoms. The van der Waals surface area contributed by atoms with Crippen LogP contribution in [0.25, 0.3) is 0 Å². The Morgan fingerprint density at radius 1 is 0.319 bits per heavy atom. The lowest BCUT2D eigenvalue weighted by Crippen LogP contribution is -2.52. The molecule has 7 aliphatic rings. The topological polar surface area (TPSA) is 379 Å². The normalized spacial score (nSPS) is 20.9. The summed E-state index contributed by atoms with van der Waals surface area (Å²) in [6.45, 7) is 31.2. The number of likely N-dealkylation sites (N-methyl/N-ethyl adjacent to an activating group) is 1. The van der Waals surface area contributed by atoms with Crippen LogP contribution < -0.4 is 93.5 Å². The number of anilines is 5. The third-order valence-electron chi connectivity index (χ3n) is 26.9. The van der Waals surface area contributed by atoms with Crippen LogP contribution >= 0.6 is 0 Å². The van der Waals surface area contributed by atoms with E-state index in [0.717, 1.165) is 75.6 Å². The molecule has 7 aliphatic heterocycles. The van der Waals surface area contributed by atoms with Crippen molar-refractivity contribution in [1.29, 1.82) is 0 Å². The summed E-state index contributed by atoms with van der Waals surface area (Å²) in [5.74, 6) is -1.20. The Kier molecular flexibility index (Phi) is 29.2. The van der Waals surface area contributed by atoms with E-state index in [1.165, 1.54) is 30.7 Å². The Morgan fingerprint density at radius 3 is 0.942 bits per heavy atom. The fraction of sp³-hybridized carbons (Fsp3) is 0.396. The smallest absolute Gasteiger partial charge is 0.330 e. The molecule has 0 aliphatic carbocycles. The molecular formula is C101H116F8N18O11.